The van der Waals surface area contributed by atoms with Crippen molar-refractivity contribution >= 4 is 0 Å². The van der Waals surface area contributed by atoms with Crippen LogP contribution in [0.15, 0.2) is 18.5 Å². The molecule has 1 saturated heterocycles. The summed E-state index contributed by atoms with van der Waals surface area (Å²) in [5.41, 5.74) is 2.54. The van der Waals surface area contributed by atoms with Crippen molar-refractivity contribution in [2.45, 2.75) is 64.1 Å². The van der Waals surface area contributed by atoms with Gasteiger partial charge < -0.3 is 5.11 Å². The molecule has 3 atom stereocenters. The third-order valence-electron chi connectivity index (χ3n) is 5.01. The quantitative estimate of drug-likeness (QED) is 0.920. The zero-order valence-corrected chi connectivity index (χ0v) is 12.5. The summed E-state index contributed by atoms with van der Waals surface area (Å²) >= 11 is 0. The summed E-state index contributed by atoms with van der Waals surface area (Å²) in [6.07, 6.45) is 11.1. The Morgan fingerprint density at radius 3 is 2.85 bits per heavy atom. The van der Waals surface area contributed by atoms with Gasteiger partial charge in [0.05, 0.1) is 6.10 Å². The standard InChI is InChI=1S/C17H26N2O/c1-13-9-14(11-18-10-13)12-19-8-3-2-6-16(19)15-5-4-7-17(15)20/h9-11,15-17,20H,2-8,12H2,1H3. The van der Waals surface area contributed by atoms with Crippen molar-refractivity contribution in [3.05, 3.63) is 29.6 Å². The van der Waals surface area contributed by atoms with Crippen LogP contribution in [0.25, 0.3) is 0 Å². The lowest BCUT2D eigenvalue weighted by atomic mass is 9.87. The van der Waals surface area contributed by atoms with E-state index in [4.69, 9.17) is 0 Å². The minimum absolute atomic E-state index is 0.0729. The van der Waals surface area contributed by atoms with Crippen LogP contribution in [-0.2, 0) is 6.54 Å². The highest BCUT2D eigenvalue weighted by molar-refractivity contribution is 5.16. The molecule has 2 heterocycles. The van der Waals surface area contributed by atoms with Gasteiger partial charge in [0.25, 0.3) is 0 Å². The predicted molar refractivity (Wildman–Crippen MR) is 80.4 cm³/mol. The second kappa shape index (κ2) is 6.23. The van der Waals surface area contributed by atoms with Crippen LogP contribution >= 0.6 is 0 Å². The zero-order chi connectivity index (χ0) is 13.9. The molecule has 1 saturated carbocycles. The third-order valence-corrected chi connectivity index (χ3v) is 5.01. The number of likely N-dealkylation sites (tertiary alicyclic amines) is 1. The molecule has 1 N–H and O–H groups in total. The third kappa shape index (κ3) is 3.04. The molecule has 1 aliphatic carbocycles. The Kier molecular flexibility index (Phi) is 4.37. The largest absolute Gasteiger partial charge is 0.393 e. The van der Waals surface area contributed by atoms with Crippen LogP contribution in [0.4, 0.5) is 0 Å². The molecule has 1 aliphatic heterocycles. The van der Waals surface area contributed by atoms with Gasteiger partial charge in [-0.25, -0.2) is 0 Å². The summed E-state index contributed by atoms with van der Waals surface area (Å²) < 4.78 is 0. The van der Waals surface area contributed by atoms with E-state index in [1.807, 2.05) is 12.4 Å². The summed E-state index contributed by atoms with van der Waals surface area (Å²) in [6.45, 7) is 4.26. The van der Waals surface area contributed by atoms with E-state index in [1.165, 1.54) is 49.8 Å². The smallest absolute Gasteiger partial charge is 0.0583 e. The van der Waals surface area contributed by atoms with E-state index in [2.05, 4.69) is 22.9 Å². The Bertz CT molecular complexity index is 448. The summed E-state index contributed by atoms with van der Waals surface area (Å²) in [4.78, 5) is 6.91. The summed E-state index contributed by atoms with van der Waals surface area (Å²) in [5, 5.41) is 10.2. The van der Waals surface area contributed by atoms with Gasteiger partial charge in [0.15, 0.2) is 0 Å². The van der Waals surface area contributed by atoms with E-state index >= 15 is 0 Å². The van der Waals surface area contributed by atoms with Gasteiger partial charge in [0.2, 0.25) is 0 Å². The lowest BCUT2D eigenvalue weighted by Crippen LogP contribution is -2.45. The molecule has 0 amide bonds. The lowest BCUT2D eigenvalue weighted by molar-refractivity contribution is 0.0312. The van der Waals surface area contributed by atoms with Crippen LogP contribution in [0.2, 0.25) is 0 Å². The van der Waals surface area contributed by atoms with Crippen molar-refractivity contribution in [2.75, 3.05) is 6.54 Å². The molecular formula is C17H26N2O. The highest BCUT2D eigenvalue weighted by Crippen LogP contribution is 2.35. The van der Waals surface area contributed by atoms with Gasteiger partial charge in [0, 0.05) is 30.9 Å². The number of aryl methyl sites for hydroxylation is 1. The molecule has 0 spiro atoms. The van der Waals surface area contributed by atoms with Crippen molar-refractivity contribution in [3.8, 4) is 0 Å². The number of hydrogen-bond acceptors (Lipinski definition) is 3. The van der Waals surface area contributed by atoms with Crippen LogP contribution in [0.5, 0.6) is 0 Å². The number of aliphatic hydroxyl groups is 1. The Morgan fingerprint density at radius 1 is 1.20 bits per heavy atom. The maximum atomic E-state index is 10.2. The molecule has 3 unspecified atom stereocenters. The Balaban J connectivity index is 1.72. The van der Waals surface area contributed by atoms with Gasteiger partial charge in [-0.15, -0.1) is 0 Å². The Hall–Kier alpha value is -0.930. The van der Waals surface area contributed by atoms with E-state index in [9.17, 15) is 5.11 Å². The minimum atomic E-state index is -0.0729. The first-order valence-electron chi connectivity index (χ1n) is 8.06. The normalized spacial score (nSPS) is 31.6. The maximum absolute atomic E-state index is 10.2. The first-order valence-corrected chi connectivity index (χ1v) is 8.06. The van der Waals surface area contributed by atoms with Crippen molar-refractivity contribution in [1.82, 2.24) is 9.88 Å². The Morgan fingerprint density at radius 2 is 2.10 bits per heavy atom. The summed E-state index contributed by atoms with van der Waals surface area (Å²) in [5.74, 6) is 0.494. The van der Waals surface area contributed by atoms with Gasteiger partial charge >= 0.3 is 0 Å². The first-order chi connectivity index (χ1) is 9.74. The number of hydrogen-bond donors (Lipinski definition) is 1. The zero-order valence-electron chi connectivity index (χ0n) is 12.5. The van der Waals surface area contributed by atoms with Gasteiger partial charge in [-0.2, -0.15) is 0 Å². The molecule has 1 aromatic heterocycles. The van der Waals surface area contributed by atoms with Gasteiger partial charge in [-0.05, 0) is 50.3 Å². The number of pyridine rings is 1. The molecule has 0 bridgehead atoms. The molecule has 0 radical (unpaired) electrons. The molecular weight excluding hydrogens is 248 g/mol. The van der Waals surface area contributed by atoms with E-state index in [0.717, 1.165) is 13.0 Å². The molecule has 3 heteroatoms. The van der Waals surface area contributed by atoms with E-state index in [0.29, 0.717) is 12.0 Å². The highest BCUT2D eigenvalue weighted by Gasteiger charge is 2.36. The topological polar surface area (TPSA) is 36.4 Å². The number of rotatable bonds is 3. The SMILES string of the molecule is Cc1cncc(CN2CCCCC2C2CCCC2O)c1. The summed E-state index contributed by atoms with van der Waals surface area (Å²) in [7, 11) is 0. The van der Waals surface area contributed by atoms with Gasteiger partial charge in [0.1, 0.15) is 0 Å². The van der Waals surface area contributed by atoms with E-state index in [1.54, 1.807) is 0 Å². The van der Waals surface area contributed by atoms with Crippen molar-refractivity contribution < 1.29 is 5.11 Å². The van der Waals surface area contributed by atoms with Crippen molar-refractivity contribution in [1.29, 1.82) is 0 Å². The van der Waals surface area contributed by atoms with E-state index < -0.39 is 0 Å². The van der Waals surface area contributed by atoms with Crippen LogP contribution < -0.4 is 0 Å². The lowest BCUT2D eigenvalue weighted by Gasteiger charge is -2.40. The fraction of sp³-hybridized carbons (Fsp3) is 0.706. The van der Waals surface area contributed by atoms with Crippen LogP contribution in [-0.4, -0.2) is 33.7 Å². The monoisotopic (exact) mass is 274 g/mol. The number of aliphatic hydroxyl groups excluding tert-OH is 1. The molecule has 3 rings (SSSR count). The Labute approximate surface area is 122 Å². The van der Waals surface area contributed by atoms with Crippen LogP contribution in [0, 0.1) is 12.8 Å². The molecule has 3 nitrogen and oxygen atoms in total. The molecule has 1 aromatic rings. The average Bonchev–Trinajstić information content (AvgIpc) is 2.86. The minimum Gasteiger partial charge on any atom is -0.393 e. The number of nitrogens with zero attached hydrogens (tertiary/aromatic N) is 2. The molecule has 2 fully saturated rings. The van der Waals surface area contributed by atoms with Crippen LogP contribution in [0.1, 0.15) is 49.7 Å². The maximum Gasteiger partial charge on any atom is 0.0583 e. The molecule has 0 aromatic carbocycles. The van der Waals surface area contributed by atoms with E-state index in [-0.39, 0.29) is 6.10 Å². The molecule has 20 heavy (non-hydrogen) atoms. The number of aromatic nitrogens is 1. The van der Waals surface area contributed by atoms with Gasteiger partial charge in [-0.1, -0.05) is 18.9 Å². The van der Waals surface area contributed by atoms with Crippen LogP contribution in [0.3, 0.4) is 0 Å². The molecule has 2 aliphatic rings. The second-order valence-electron chi connectivity index (χ2n) is 6.57. The van der Waals surface area contributed by atoms with Gasteiger partial charge in [-0.3, -0.25) is 9.88 Å². The number of piperidine rings is 1. The summed E-state index contributed by atoms with van der Waals surface area (Å²) in [6, 6.07) is 2.81. The fourth-order valence-electron chi connectivity index (χ4n) is 4.05. The van der Waals surface area contributed by atoms with Crippen molar-refractivity contribution in [2.24, 2.45) is 5.92 Å². The highest BCUT2D eigenvalue weighted by atomic mass is 16.3. The average molecular weight is 274 g/mol. The first kappa shape index (κ1) is 14.0. The second-order valence-corrected chi connectivity index (χ2v) is 6.57. The fourth-order valence-corrected chi connectivity index (χ4v) is 4.05. The molecule has 110 valence electrons. The predicted octanol–water partition coefficient (Wildman–Crippen LogP) is 2.91. The van der Waals surface area contributed by atoms with Crippen molar-refractivity contribution in [3.63, 3.8) is 0 Å².